The molecule has 1 atom stereocenters. The summed E-state index contributed by atoms with van der Waals surface area (Å²) < 4.78 is 5.01. The van der Waals surface area contributed by atoms with Crippen LogP contribution in [0.3, 0.4) is 0 Å². The highest BCUT2D eigenvalue weighted by Crippen LogP contribution is 2.28. The van der Waals surface area contributed by atoms with E-state index in [0.29, 0.717) is 11.3 Å². The Labute approximate surface area is 76.5 Å². The lowest BCUT2D eigenvalue weighted by atomic mass is 9.78. The van der Waals surface area contributed by atoms with E-state index in [9.17, 15) is 0 Å². The molecule has 0 aliphatic carbocycles. The molecule has 2 heteroatoms. The molecule has 0 saturated heterocycles. The van der Waals surface area contributed by atoms with Crippen molar-refractivity contribution in [2.45, 2.75) is 33.6 Å². The number of methoxy groups -OCH3 is 1. The van der Waals surface area contributed by atoms with Crippen LogP contribution < -0.4 is 5.73 Å². The number of nitrogens with two attached hydrogens (primary N) is 1. The maximum absolute atomic E-state index is 5.70. The van der Waals surface area contributed by atoms with Crippen molar-refractivity contribution in [3.05, 3.63) is 0 Å². The van der Waals surface area contributed by atoms with E-state index < -0.39 is 0 Å². The van der Waals surface area contributed by atoms with Crippen molar-refractivity contribution in [2.24, 2.45) is 17.1 Å². The molecule has 0 rings (SSSR count). The predicted octanol–water partition coefficient (Wildman–Crippen LogP) is 2.03. The molecule has 0 aromatic heterocycles. The van der Waals surface area contributed by atoms with Crippen molar-refractivity contribution < 1.29 is 4.74 Å². The molecular weight excluding hydrogens is 150 g/mol. The second-order valence-corrected chi connectivity index (χ2v) is 4.43. The third-order valence-electron chi connectivity index (χ3n) is 2.41. The van der Waals surface area contributed by atoms with Crippen LogP contribution in [0.2, 0.25) is 0 Å². The third kappa shape index (κ3) is 4.73. The van der Waals surface area contributed by atoms with Gasteiger partial charge >= 0.3 is 0 Å². The lowest BCUT2D eigenvalue weighted by Gasteiger charge is -2.29. The van der Waals surface area contributed by atoms with Crippen molar-refractivity contribution in [3.8, 4) is 0 Å². The van der Waals surface area contributed by atoms with Crippen LogP contribution in [0.1, 0.15) is 33.6 Å². The molecule has 0 radical (unpaired) electrons. The standard InChI is InChI=1S/C10H23NO/c1-10(2,3)9(8-11)6-5-7-12-4/h9H,5-8,11H2,1-4H3. The zero-order valence-electron chi connectivity index (χ0n) is 8.89. The summed E-state index contributed by atoms with van der Waals surface area (Å²) in [6.45, 7) is 8.38. The zero-order chi connectivity index (χ0) is 9.61. The van der Waals surface area contributed by atoms with Gasteiger partial charge in [0.1, 0.15) is 0 Å². The molecule has 0 aromatic rings. The Morgan fingerprint density at radius 3 is 2.25 bits per heavy atom. The van der Waals surface area contributed by atoms with Gasteiger partial charge in [0, 0.05) is 13.7 Å². The Morgan fingerprint density at radius 2 is 1.92 bits per heavy atom. The summed E-state index contributed by atoms with van der Waals surface area (Å²) in [5.74, 6) is 0.618. The van der Waals surface area contributed by atoms with Gasteiger partial charge in [0.05, 0.1) is 0 Å². The number of rotatable bonds is 5. The van der Waals surface area contributed by atoms with E-state index in [-0.39, 0.29) is 0 Å². The first-order valence-electron chi connectivity index (χ1n) is 4.71. The van der Waals surface area contributed by atoms with E-state index >= 15 is 0 Å². The summed E-state index contributed by atoms with van der Waals surface area (Å²) >= 11 is 0. The Morgan fingerprint density at radius 1 is 1.33 bits per heavy atom. The largest absolute Gasteiger partial charge is 0.385 e. The summed E-state index contributed by atoms with van der Waals surface area (Å²) in [6.07, 6.45) is 2.30. The molecule has 1 unspecified atom stereocenters. The van der Waals surface area contributed by atoms with Gasteiger partial charge in [-0.2, -0.15) is 0 Å². The molecule has 2 N–H and O–H groups in total. The topological polar surface area (TPSA) is 35.2 Å². The van der Waals surface area contributed by atoms with Gasteiger partial charge < -0.3 is 10.5 Å². The first-order valence-corrected chi connectivity index (χ1v) is 4.71. The van der Waals surface area contributed by atoms with Gasteiger partial charge in [-0.3, -0.25) is 0 Å². The molecule has 74 valence electrons. The summed E-state index contributed by atoms with van der Waals surface area (Å²) in [6, 6.07) is 0. The second kappa shape index (κ2) is 5.55. The van der Waals surface area contributed by atoms with Crippen LogP contribution >= 0.6 is 0 Å². The highest BCUT2D eigenvalue weighted by Gasteiger charge is 2.22. The first-order chi connectivity index (χ1) is 5.52. The van der Waals surface area contributed by atoms with Crippen molar-refractivity contribution >= 4 is 0 Å². The molecule has 0 amide bonds. The van der Waals surface area contributed by atoms with Crippen LogP contribution in [0.5, 0.6) is 0 Å². The van der Waals surface area contributed by atoms with Crippen molar-refractivity contribution in [3.63, 3.8) is 0 Å². The van der Waals surface area contributed by atoms with Gasteiger partial charge in [0.25, 0.3) is 0 Å². The second-order valence-electron chi connectivity index (χ2n) is 4.43. The molecule has 0 aliphatic heterocycles. The smallest absolute Gasteiger partial charge is 0.0462 e. The number of ether oxygens (including phenoxy) is 1. The molecule has 0 fully saturated rings. The normalized spacial score (nSPS) is 14.8. The number of hydrogen-bond donors (Lipinski definition) is 1. The first kappa shape index (κ1) is 11.9. The molecular formula is C10H23NO. The van der Waals surface area contributed by atoms with Crippen molar-refractivity contribution in [2.75, 3.05) is 20.3 Å². The molecule has 0 heterocycles. The van der Waals surface area contributed by atoms with Gasteiger partial charge in [-0.05, 0) is 30.7 Å². The maximum atomic E-state index is 5.70. The van der Waals surface area contributed by atoms with Crippen molar-refractivity contribution in [1.82, 2.24) is 0 Å². The third-order valence-corrected chi connectivity index (χ3v) is 2.41. The molecule has 12 heavy (non-hydrogen) atoms. The Bertz CT molecular complexity index is 107. The minimum atomic E-state index is 0.336. The Hall–Kier alpha value is -0.0800. The summed E-state index contributed by atoms with van der Waals surface area (Å²) in [5.41, 5.74) is 6.04. The van der Waals surface area contributed by atoms with Crippen LogP contribution in [0.4, 0.5) is 0 Å². The van der Waals surface area contributed by atoms with E-state index in [4.69, 9.17) is 10.5 Å². The molecule has 0 saturated carbocycles. The molecule has 0 aliphatic rings. The highest BCUT2D eigenvalue weighted by atomic mass is 16.5. The fourth-order valence-corrected chi connectivity index (χ4v) is 1.38. The fourth-order valence-electron chi connectivity index (χ4n) is 1.38. The highest BCUT2D eigenvalue weighted by molar-refractivity contribution is 4.74. The van der Waals surface area contributed by atoms with E-state index in [2.05, 4.69) is 20.8 Å². The molecule has 0 bridgehead atoms. The van der Waals surface area contributed by atoms with E-state index in [0.717, 1.165) is 19.6 Å². The van der Waals surface area contributed by atoms with Crippen LogP contribution in [0.15, 0.2) is 0 Å². The van der Waals surface area contributed by atoms with Crippen molar-refractivity contribution in [1.29, 1.82) is 0 Å². The summed E-state index contributed by atoms with van der Waals surface area (Å²) in [5, 5.41) is 0. The summed E-state index contributed by atoms with van der Waals surface area (Å²) in [4.78, 5) is 0. The molecule has 0 aromatic carbocycles. The van der Waals surface area contributed by atoms with Crippen LogP contribution in [0, 0.1) is 11.3 Å². The van der Waals surface area contributed by atoms with Gasteiger partial charge in [0.15, 0.2) is 0 Å². The van der Waals surface area contributed by atoms with Gasteiger partial charge in [-0.15, -0.1) is 0 Å². The SMILES string of the molecule is COCCCC(CN)C(C)(C)C. The van der Waals surface area contributed by atoms with Gasteiger partial charge in [0.2, 0.25) is 0 Å². The fraction of sp³-hybridized carbons (Fsp3) is 1.00. The number of hydrogen-bond acceptors (Lipinski definition) is 2. The molecule has 0 spiro atoms. The lowest BCUT2D eigenvalue weighted by molar-refractivity contribution is 0.165. The van der Waals surface area contributed by atoms with E-state index in [1.165, 1.54) is 6.42 Å². The Kier molecular flexibility index (Phi) is 5.51. The molecule has 2 nitrogen and oxygen atoms in total. The van der Waals surface area contributed by atoms with Gasteiger partial charge in [-0.1, -0.05) is 20.8 Å². The monoisotopic (exact) mass is 173 g/mol. The zero-order valence-corrected chi connectivity index (χ0v) is 8.89. The quantitative estimate of drug-likeness (QED) is 0.646. The minimum Gasteiger partial charge on any atom is -0.385 e. The van der Waals surface area contributed by atoms with E-state index in [1.807, 2.05) is 0 Å². The average Bonchev–Trinajstić information content (AvgIpc) is 1.95. The van der Waals surface area contributed by atoms with Crippen LogP contribution in [-0.4, -0.2) is 20.3 Å². The van der Waals surface area contributed by atoms with Crippen LogP contribution in [-0.2, 0) is 4.74 Å². The minimum absolute atomic E-state index is 0.336. The predicted molar refractivity (Wildman–Crippen MR) is 53.1 cm³/mol. The average molecular weight is 173 g/mol. The van der Waals surface area contributed by atoms with E-state index in [1.54, 1.807) is 7.11 Å². The maximum Gasteiger partial charge on any atom is 0.0462 e. The van der Waals surface area contributed by atoms with Gasteiger partial charge in [-0.25, -0.2) is 0 Å². The Balaban J connectivity index is 3.68. The van der Waals surface area contributed by atoms with Crippen LogP contribution in [0.25, 0.3) is 0 Å². The summed E-state index contributed by atoms with van der Waals surface area (Å²) in [7, 11) is 1.74. The lowest BCUT2D eigenvalue weighted by Crippen LogP contribution is -2.28.